The lowest BCUT2D eigenvalue weighted by atomic mass is 9.78. The van der Waals surface area contributed by atoms with Crippen molar-refractivity contribution in [2.24, 2.45) is 0 Å². The molecule has 6 heteroatoms. The molecule has 0 saturated heterocycles. The summed E-state index contributed by atoms with van der Waals surface area (Å²) in [5.41, 5.74) is 1.03. The lowest BCUT2D eigenvalue weighted by molar-refractivity contribution is 0.103. The normalized spacial score (nSPS) is 13.0. The highest BCUT2D eigenvalue weighted by molar-refractivity contribution is 7.90. The summed E-state index contributed by atoms with van der Waals surface area (Å²) >= 11 is 0. The second-order valence-electron chi connectivity index (χ2n) is 8.75. The van der Waals surface area contributed by atoms with E-state index < -0.39 is 9.84 Å². The number of rotatable bonds is 3. The Morgan fingerprint density at radius 1 is 0.962 bits per heavy atom. The van der Waals surface area contributed by atoms with Crippen molar-refractivity contribution < 1.29 is 18.3 Å². The van der Waals surface area contributed by atoms with E-state index in [4.69, 9.17) is 0 Å². The lowest BCUT2D eigenvalue weighted by Gasteiger charge is -2.28. The third-order valence-electron chi connectivity index (χ3n) is 4.34. The molecule has 2 aromatic rings. The zero-order valence-corrected chi connectivity index (χ0v) is 17.2. The maximum absolute atomic E-state index is 13.1. The van der Waals surface area contributed by atoms with E-state index in [1.165, 1.54) is 12.4 Å². The van der Waals surface area contributed by atoms with Gasteiger partial charge in [0, 0.05) is 35.3 Å². The maximum Gasteiger partial charge on any atom is 0.195 e. The van der Waals surface area contributed by atoms with Crippen molar-refractivity contribution >= 4 is 15.6 Å². The third kappa shape index (κ3) is 3.85. The van der Waals surface area contributed by atoms with Crippen LogP contribution in [0, 0.1) is 0 Å². The minimum absolute atomic E-state index is 0.0230. The monoisotopic (exact) mass is 377 g/mol. The molecule has 0 aliphatic rings. The number of hydrogen-bond acceptors (Lipinski definition) is 4. The van der Waals surface area contributed by atoms with Crippen LogP contribution in [-0.4, -0.2) is 30.5 Å². The molecule has 0 radical (unpaired) electrons. The number of sulfone groups is 1. The van der Waals surface area contributed by atoms with Crippen LogP contribution in [0.4, 0.5) is 0 Å². The number of hydrogen-bond donors (Lipinski definition) is 2. The van der Waals surface area contributed by atoms with Gasteiger partial charge in [0.1, 0.15) is 5.75 Å². The van der Waals surface area contributed by atoms with Crippen LogP contribution >= 0.6 is 0 Å². The molecule has 0 aliphatic carbocycles. The smallest absolute Gasteiger partial charge is 0.195 e. The van der Waals surface area contributed by atoms with Gasteiger partial charge in [0.05, 0.1) is 10.5 Å². The van der Waals surface area contributed by atoms with Gasteiger partial charge in [-0.15, -0.1) is 0 Å². The summed E-state index contributed by atoms with van der Waals surface area (Å²) in [5.74, 6) is -0.207. The van der Waals surface area contributed by atoms with E-state index in [-0.39, 0.29) is 32.8 Å². The van der Waals surface area contributed by atoms with Crippen molar-refractivity contribution in [3.8, 4) is 5.75 Å². The van der Waals surface area contributed by atoms with E-state index in [2.05, 4.69) is 4.98 Å². The number of carbonyl (C=O) groups is 1. The Balaban J connectivity index is 2.75. The second-order valence-corrected chi connectivity index (χ2v) is 10.7. The van der Waals surface area contributed by atoms with Gasteiger partial charge < -0.3 is 10.1 Å². The molecule has 1 aromatic carbocycles. The molecule has 0 fully saturated rings. The van der Waals surface area contributed by atoms with Gasteiger partial charge in [-0.1, -0.05) is 41.5 Å². The Bertz CT molecular complexity index is 919. The van der Waals surface area contributed by atoms with E-state index in [0.29, 0.717) is 16.7 Å². The van der Waals surface area contributed by atoms with Crippen LogP contribution in [-0.2, 0) is 20.7 Å². The third-order valence-corrected chi connectivity index (χ3v) is 5.48. The van der Waals surface area contributed by atoms with Crippen LogP contribution in [0.25, 0.3) is 0 Å². The molecule has 0 amide bonds. The minimum atomic E-state index is -3.53. The van der Waals surface area contributed by atoms with Gasteiger partial charge in [0.15, 0.2) is 15.6 Å². The quantitative estimate of drug-likeness (QED) is 0.793. The van der Waals surface area contributed by atoms with E-state index in [0.717, 1.165) is 6.26 Å². The number of nitrogens with one attached hydrogen (secondary N) is 1. The average Bonchev–Trinajstić information content (AvgIpc) is 2.93. The predicted molar refractivity (Wildman–Crippen MR) is 103 cm³/mol. The standard InChI is InChI=1S/C20H27NO4S/c1-19(2,3)14-8-12(9-15(18(14)23)20(4,5)6)17(22)13-10-21-11-16(13)26(7,24)25/h8-11,21,23H,1-7H3. The molecule has 0 atom stereocenters. The molecule has 142 valence electrons. The van der Waals surface area contributed by atoms with Crippen LogP contribution in [0.3, 0.4) is 0 Å². The van der Waals surface area contributed by atoms with Gasteiger partial charge in [0.2, 0.25) is 0 Å². The molecular formula is C20H27NO4S. The number of H-pyrrole nitrogens is 1. The Morgan fingerprint density at radius 3 is 1.81 bits per heavy atom. The molecule has 2 N–H and O–H groups in total. The first-order valence-electron chi connectivity index (χ1n) is 8.43. The summed E-state index contributed by atoms with van der Waals surface area (Å²) in [6.07, 6.45) is 3.79. The molecule has 1 aromatic heterocycles. The first-order valence-corrected chi connectivity index (χ1v) is 10.3. The summed E-state index contributed by atoms with van der Waals surface area (Å²) < 4.78 is 23.9. The van der Waals surface area contributed by atoms with Crippen LogP contribution in [0.1, 0.15) is 68.6 Å². The van der Waals surface area contributed by atoms with Crippen molar-refractivity contribution in [1.82, 2.24) is 4.98 Å². The van der Waals surface area contributed by atoms with Gasteiger partial charge >= 0.3 is 0 Å². The highest BCUT2D eigenvalue weighted by atomic mass is 32.2. The minimum Gasteiger partial charge on any atom is -0.507 e. The van der Waals surface area contributed by atoms with Gasteiger partial charge in [-0.05, 0) is 23.0 Å². The van der Waals surface area contributed by atoms with E-state index in [1.807, 2.05) is 41.5 Å². The van der Waals surface area contributed by atoms with Gasteiger partial charge in [-0.2, -0.15) is 0 Å². The predicted octanol–water partition coefficient (Wildman–Crippen LogP) is 3.95. The molecule has 2 rings (SSSR count). The van der Waals surface area contributed by atoms with E-state index >= 15 is 0 Å². The molecule has 0 aliphatic heterocycles. The number of carbonyl (C=O) groups excluding carboxylic acids is 1. The fourth-order valence-electron chi connectivity index (χ4n) is 2.90. The van der Waals surface area contributed by atoms with Crippen molar-refractivity contribution in [3.63, 3.8) is 0 Å². The number of phenolic OH excluding ortho intramolecular Hbond substituents is 1. The summed E-state index contributed by atoms with van der Waals surface area (Å²) in [7, 11) is -3.53. The van der Waals surface area contributed by atoms with Crippen LogP contribution in [0.2, 0.25) is 0 Å². The molecule has 5 nitrogen and oxygen atoms in total. The number of ketones is 1. The Kier molecular flexibility index (Phi) is 4.88. The highest BCUT2D eigenvalue weighted by Crippen LogP contribution is 2.40. The second kappa shape index (κ2) is 6.27. The molecular weight excluding hydrogens is 350 g/mol. The van der Waals surface area contributed by atoms with Crippen LogP contribution in [0.15, 0.2) is 29.4 Å². The molecule has 0 spiro atoms. The zero-order valence-electron chi connectivity index (χ0n) is 16.4. The van der Waals surface area contributed by atoms with Crippen molar-refractivity contribution in [2.45, 2.75) is 57.3 Å². The van der Waals surface area contributed by atoms with Crippen molar-refractivity contribution in [1.29, 1.82) is 0 Å². The molecule has 0 saturated carbocycles. The van der Waals surface area contributed by atoms with Crippen LogP contribution < -0.4 is 0 Å². The SMILES string of the molecule is CC(C)(C)c1cc(C(=O)c2c[nH]cc2S(C)(=O)=O)cc(C(C)(C)C)c1O. The average molecular weight is 378 g/mol. The Hall–Kier alpha value is -2.08. The fourth-order valence-corrected chi connectivity index (χ4v) is 3.73. The van der Waals surface area contributed by atoms with Gasteiger partial charge in [-0.25, -0.2) is 8.42 Å². The Morgan fingerprint density at radius 2 is 1.42 bits per heavy atom. The number of phenols is 1. The molecule has 0 unspecified atom stereocenters. The molecule has 1 heterocycles. The molecule has 26 heavy (non-hydrogen) atoms. The van der Waals surface area contributed by atoms with E-state index in [9.17, 15) is 18.3 Å². The topological polar surface area (TPSA) is 87.2 Å². The maximum atomic E-state index is 13.1. The van der Waals surface area contributed by atoms with Gasteiger partial charge in [0.25, 0.3) is 0 Å². The number of aromatic nitrogens is 1. The zero-order chi connectivity index (χ0) is 20.1. The summed E-state index contributed by atoms with van der Waals surface area (Å²) in [4.78, 5) is 15.8. The summed E-state index contributed by atoms with van der Waals surface area (Å²) in [6, 6.07) is 3.32. The summed E-state index contributed by atoms with van der Waals surface area (Å²) in [6.45, 7) is 11.8. The first kappa shape index (κ1) is 20.2. The highest BCUT2D eigenvalue weighted by Gasteiger charge is 2.29. The van der Waals surface area contributed by atoms with Crippen molar-refractivity contribution in [3.05, 3.63) is 46.8 Å². The molecule has 0 bridgehead atoms. The fraction of sp³-hybridized carbons (Fsp3) is 0.450. The lowest BCUT2D eigenvalue weighted by Crippen LogP contribution is -2.19. The van der Waals surface area contributed by atoms with Gasteiger partial charge in [-0.3, -0.25) is 4.79 Å². The largest absolute Gasteiger partial charge is 0.507 e. The van der Waals surface area contributed by atoms with Crippen molar-refractivity contribution in [2.75, 3.05) is 6.26 Å². The number of benzene rings is 1. The first-order chi connectivity index (χ1) is 11.6. The Labute approximate surface area is 155 Å². The van der Waals surface area contributed by atoms with Crippen LogP contribution in [0.5, 0.6) is 5.75 Å². The van der Waals surface area contributed by atoms with E-state index in [1.54, 1.807) is 12.1 Å². The number of aromatic hydroxyl groups is 1. The summed E-state index contributed by atoms with van der Waals surface area (Å²) in [5, 5.41) is 10.8. The number of aromatic amines is 1.